The summed E-state index contributed by atoms with van der Waals surface area (Å²) in [5.74, 6) is 0. The van der Waals surface area contributed by atoms with Gasteiger partial charge in [-0.15, -0.1) is 9.91 Å². The summed E-state index contributed by atoms with van der Waals surface area (Å²) in [6.45, 7) is 13.3. The van der Waals surface area contributed by atoms with Crippen molar-refractivity contribution in [2.75, 3.05) is 0 Å². The predicted molar refractivity (Wildman–Crippen MR) is 46.7 cm³/mol. The number of urea groups is 1. The zero-order chi connectivity index (χ0) is 11.9. The first-order chi connectivity index (χ1) is 7.60. The SMILES string of the molecule is [C-]#[N+]n1c(=O)c2c(n([N+]#[C-])c1=O)=NC(=O)N=2. The van der Waals surface area contributed by atoms with E-state index in [0.717, 1.165) is 0 Å². The highest BCUT2D eigenvalue weighted by Crippen LogP contribution is 1.81. The van der Waals surface area contributed by atoms with E-state index in [4.69, 9.17) is 13.1 Å². The molecular formula is C7N6O3. The van der Waals surface area contributed by atoms with Crippen molar-refractivity contribution in [2.24, 2.45) is 9.98 Å². The van der Waals surface area contributed by atoms with Crippen LogP contribution in [0.5, 0.6) is 0 Å². The number of fused-ring (bicyclic) bond motifs is 1. The molecule has 2 amide bonds. The van der Waals surface area contributed by atoms with Crippen LogP contribution in [0.25, 0.3) is 9.91 Å². The Balaban J connectivity index is 3.28. The van der Waals surface area contributed by atoms with Gasteiger partial charge in [-0.25, -0.2) is 9.59 Å². The Labute approximate surface area is 85.8 Å². The van der Waals surface area contributed by atoms with Crippen molar-refractivity contribution in [1.82, 2.24) is 9.35 Å². The molecule has 1 aliphatic rings. The van der Waals surface area contributed by atoms with Crippen LogP contribution in [0.2, 0.25) is 0 Å². The molecule has 9 heteroatoms. The molecule has 0 aliphatic carbocycles. The number of amides is 2. The number of carbonyl (C=O) groups excluding carboxylic acids is 1. The molecule has 16 heavy (non-hydrogen) atoms. The minimum Gasteiger partial charge on any atom is -0.259 e. The second-order valence-corrected chi connectivity index (χ2v) is 2.59. The summed E-state index contributed by atoms with van der Waals surface area (Å²) in [4.78, 5) is 45.6. The van der Waals surface area contributed by atoms with Gasteiger partial charge in [0.2, 0.25) is 0 Å². The standard InChI is InChI=1S/C7N6O3/c1-8-12-4-3(10-6(15)11-4)5(14)13(9-2)7(12)16. The van der Waals surface area contributed by atoms with Gasteiger partial charge in [-0.05, 0) is 0 Å². The zero-order valence-corrected chi connectivity index (χ0v) is 7.41. The van der Waals surface area contributed by atoms with Crippen LogP contribution in [0.4, 0.5) is 4.79 Å². The Hall–Kier alpha value is -3.07. The molecule has 0 radical (unpaired) electrons. The summed E-state index contributed by atoms with van der Waals surface area (Å²) < 4.78 is 0.470. The smallest absolute Gasteiger partial charge is 0.259 e. The van der Waals surface area contributed by atoms with Crippen molar-refractivity contribution in [3.8, 4) is 0 Å². The molecule has 0 spiro atoms. The van der Waals surface area contributed by atoms with Gasteiger partial charge in [-0.2, -0.15) is 23.1 Å². The van der Waals surface area contributed by atoms with E-state index in [2.05, 4.69) is 19.9 Å². The molecule has 2 heterocycles. The molecule has 1 aromatic rings. The Morgan fingerprint density at radius 1 is 1.00 bits per heavy atom. The maximum absolute atomic E-state index is 11.5. The van der Waals surface area contributed by atoms with E-state index < -0.39 is 28.1 Å². The highest BCUT2D eigenvalue weighted by Gasteiger charge is 2.23. The van der Waals surface area contributed by atoms with Crippen molar-refractivity contribution in [3.05, 3.63) is 54.7 Å². The normalized spacial score (nSPS) is 12.0. The first-order valence-electron chi connectivity index (χ1n) is 3.75. The summed E-state index contributed by atoms with van der Waals surface area (Å²) in [5.41, 5.74) is -2.64. The van der Waals surface area contributed by atoms with E-state index in [1.807, 2.05) is 0 Å². The Morgan fingerprint density at radius 3 is 2.19 bits per heavy atom. The molecule has 0 fully saturated rings. The lowest BCUT2D eigenvalue weighted by Crippen LogP contribution is -2.54. The molecule has 9 nitrogen and oxygen atoms in total. The lowest BCUT2D eigenvalue weighted by Gasteiger charge is -1.86. The van der Waals surface area contributed by atoms with Crippen molar-refractivity contribution in [3.63, 3.8) is 0 Å². The monoisotopic (exact) mass is 216 g/mol. The van der Waals surface area contributed by atoms with Crippen LogP contribution >= 0.6 is 0 Å². The predicted octanol–water partition coefficient (Wildman–Crippen LogP) is -2.25. The average molecular weight is 216 g/mol. The summed E-state index contributed by atoms with van der Waals surface area (Å²) in [7, 11) is 0. The summed E-state index contributed by atoms with van der Waals surface area (Å²) in [5, 5.41) is -0.461. The van der Waals surface area contributed by atoms with Gasteiger partial charge < -0.3 is 0 Å². The molecule has 0 N–H and O–H groups in total. The first kappa shape index (κ1) is 9.48. The molecule has 1 aromatic heterocycles. The van der Waals surface area contributed by atoms with Crippen molar-refractivity contribution in [1.29, 1.82) is 0 Å². The average Bonchev–Trinajstić information content (AvgIpc) is 2.62. The summed E-state index contributed by atoms with van der Waals surface area (Å²) in [6, 6.07) is -0.980. The fraction of sp³-hybridized carbons (Fsp3) is 0. The molecule has 0 unspecified atom stereocenters. The lowest BCUT2D eigenvalue weighted by molar-refractivity contribution is 0.256. The molecule has 0 saturated carbocycles. The fourth-order valence-corrected chi connectivity index (χ4v) is 1.15. The molecule has 0 saturated heterocycles. The molecule has 0 bridgehead atoms. The van der Waals surface area contributed by atoms with Crippen LogP contribution in [-0.2, 0) is 0 Å². The van der Waals surface area contributed by atoms with E-state index in [1.54, 1.807) is 0 Å². The van der Waals surface area contributed by atoms with Crippen molar-refractivity contribution in [2.45, 2.75) is 0 Å². The maximum Gasteiger partial charge on any atom is 0.466 e. The van der Waals surface area contributed by atoms with E-state index >= 15 is 0 Å². The van der Waals surface area contributed by atoms with Gasteiger partial charge in [0.25, 0.3) is 5.49 Å². The quantitative estimate of drug-likeness (QED) is 0.458. The minimum absolute atomic E-state index is 0.120. The second-order valence-electron chi connectivity index (χ2n) is 2.59. The number of rotatable bonds is 0. The van der Waals surface area contributed by atoms with E-state index in [0.29, 0.717) is 4.68 Å². The van der Waals surface area contributed by atoms with Crippen LogP contribution < -0.4 is 22.1 Å². The van der Waals surface area contributed by atoms with Gasteiger partial charge in [-0.1, -0.05) is 0 Å². The molecule has 0 atom stereocenters. The Morgan fingerprint density at radius 2 is 1.62 bits per heavy atom. The minimum atomic E-state index is -1.16. The van der Waals surface area contributed by atoms with Crippen LogP contribution in [0.3, 0.4) is 0 Å². The van der Waals surface area contributed by atoms with Crippen LogP contribution in [0.1, 0.15) is 0 Å². The summed E-state index contributed by atoms with van der Waals surface area (Å²) in [6.07, 6.45) is 0. The number of nitrogens with zero attached hydrogens (tertiary/aromatic N) is 6. The third kappa shape index (κ3) is 0.994. The van der Waals surface area contributed by atoms with Crippen LogP contribution in [0, 0.1) is 13.1 Å². The van der Waals surface area contributed by atoms with E-state index in [-0.39, 0.29) is 4.68 Å². The molecule has 1 aliphatic heterocycles. The highest BCUT2D eigenvalue weighted by molar-refractivity contribution is 5.77. The Kier molecular flexibility index (Phi) is 1.76. The third-order valence-corrected chi connectivity index (χ3v) is 1.78. The summed E-state index contributed by atoms with van der Waals surface area (Å²) >= 11 is 0. The van der Waals surface area contributed by atoms with Crippen molar-refractivity contribution >= 4 is 6.03 Å². The van der Waals surface area contributed by atoms with Gasteiger partial charge in [-0.3, -0.25) is 4.79 Å². The highest BCUT2D eigenvalue weighted by atomic mass is 16.2. The fourth-order valence-electron chi connectivity index (χ4n) is 1.15. The third-order valence-electron chi connectivity index (χ3n) is 1.78. The van der Waals surface area contributed by atoms with Crippen LogP contribution in [-0.4, -0.2) is 15.4 Å². The van der Waals surface area contributed by atoms with Gasteiger partial charge >= 0.3 is 17.3 Å². The van der Waals surface area contributed by atoms with Gasteiger partial charge in [0.1, 0.15) is 0 Å². The van der Waals surface area contributed by atoms with Gasteiger partial charge in [0.15, 0.2) is 5.36 Å². The molecule has 0 aromatic carbocycles. The number of hydrogen-bond acceptors (Lipinski definition) is 3. The molecular weight excluding hydrogens is 216 g/mol. The lowest BCUT2D eigenvalue weighted by atomic mass is 10.6. The van der Waals surface area contributed by atoms with Crippen molar-refractivity contribution < 1.29 is 4.79 Å². The van der Waals surface area contributed by atoms with E-state index in [1.165, 1.54) is 0 Å². The topological polar surface area (TPSA) is 94.5 Å². The Bertz CT molecular complexity index is 828. The molecule has 76 valence electrons. The zero-order valence-electron chi connectivity index (χ0n) is 7.41. The maximum atomic E-state index is 11.5. The van der Waals surface area contributed by atoms with Gasteiger partial charge in [0, 0.05) is 4.68 Å². The number of aromatic nitrogens is 2. The second kappa shape index (κ2) is 2.96. The number of hydrogen-bond donors (Lipinski definition) is 0. The number of carbonyl (C=O) groups is 1. The van der Waals surface area contributed by atoms with E-state index in [9.17, 15) is 14.4 Å². The first-order valence-corrected chi connectivity index (χ1v) is 3.75. The largest absolute Gasteiger partial charge is 0.466 e. The van der Waals surface area contributed by atoms with Crippen LogP contribution in [0.15, 0.2) is 19.6 Å². The van der Waals surface area contributed by atoms with Gasteiger partial charge in [0.05, 0.1) is 4.68 Å². The molecule has 2 rings (SSSR count).